The molecule has 0 aliphatic rings. The van der Waals surface area contributed by atoms with Crippen LogP contribution in [0.15, 0.2) is 67.0 Å². The van der Waals surface area contributed by atoms with Crippen molar-refractivity contribution in [2.75, 3.05) is 5.73 Å². The molecular formula is C20H15N3O2. The Morgan fingerprint density at radius 3 is 2.72 bits per heavy atom. The van der Waals surface area contributed by atoms with E-state index in [0.717, 1.165) is 22.0 Å². The first-order valence-corrected chi connectivity index (χ1v) is 7.78. The van der Waals surface area contributed by atoms with Crippen LogP contribution in [0.1, 0.15) is 15.9 Å². The van der Waals surface area contributed by atoms with Gasteiger partial charge < -0.3 is 15.8 Å². The van der Waals surface area contributed by atoms with Gasteiger partial charge in [0.15, 0.2) is 5.78 Å². The summed E-state index contributed by atoms with van der Waals surface area (Å²) in [6.45, 7) is 0. The highest BCUT2D eigenvalue weighted by Crippen LogP contribution is 2.31. The number of nitrogens with one attached hydrogen (secondary N) is 1. The number of pyridine rings is 1. The van der Waals surface area contributed by atoms with Crippen molar-refractivity contribution in [3.8, 4) is 16.9 Å². The normalized spacial score (nSPS) is 10.9. The predicted molar refractivity (Wildman–Crippen MR) is 97.5 cm³/mol. The number of benzene rings is 2. The Kier molecular flexibility index (Phi) is 3.47. The first kappa shape index (κ1) is 15.0. The summed E-state index contributed by atoms with van der Waals surface area (Å²) in [5.74, 6) is 0.176. The molecule has 122 valence electrons. The molecule has 25 heavy (non-hydrogen) atoms. The number of H-pyrrole nitrogens is 1. The Labute approximate surface area is 143 Å². The zero-order valence-corrected chi connectivity index (χ0v) is 13.2. The number of aromatic hydroxyl groups is 1. The maximum Gasteiger partial charge on any atom is 0.194 e. The number of nitrogens with two attached hydrogens (primary N) is 1. The van der Waals surface area contributed by atoms with Gasteiger partial charge in [-0.1, -0.05) is 12.1 Å². The van der Waals surface area contributed by atoms with Crippen molar-refractivity contribution in [1.29, 1.82) is 0 Å². The third-order valence-corrected chi connectivity index (χ3v) is 4.13. The predicted octanol–water partition coefficient (Wildman–Crippen LogP) is 3.75. The highest BCUT2D eigenvalue weighted by atomic mass is 16.3. The van der Waals surface area contributed by atoms with Gasteiger partial charge >= 0.3 is 0 Å². The molecule has 0 radical (unpaired) electrons. The molecule has 0 saturated heterocycles. The van der Waals surface area contributed by atoms with Gasteiger partial charge in [0.25, 0.3) is 0 Å². The number of anilines is 1. The Hall–Kier alpha value is -3.60. The van der Waals surface area contributed by atoms with Crippen LogP contribution in [0.2, 0.25) is 0 Å². The molecule has 2 aromatic carbocycles. The number of ketones is 1. The van der Waals surface area contributed by atoms with Crippen LogP contribution in [0.4, 0.5) is 5.82 Å². The molecule has 0 fully saturated rings. The Morgan fingerprint density at radius 1 is 1.04 bits per heavy atom. The first-order valence-electron chi connectivity index (χ1n) is 7.78. The van der Waals surface area contributed by atoms with Gasteiger partial charge in [-0.05, 0) is 53.6 Å². The Bertz CT molecular complexity index is 1080. The number of aromatic nitrogens is 2. The number of phenols is 1. The van der Waals surface area contributed by atoms with Gasteiger partial charge in [-0.2, -0.15) is 0 Å². The van der Waals surface area contributed by atoms with E-state index in [0.29, 0.717) is 16.9 Å². The lowest BCUT2D eigenvalue weighted by atomic mass is 9.96. The van der Waals surface area contributed by atoms with Crippen LogP contribution in [0, 0.1) is 0 Å². The van der Waals surface area contributed by atoms with Crippen LogP contribution in [0.25, 0.3) is 22.0 Å². The van der Waals surface area contributed by atoms with E-state index in [1.807, 2.05) is 30.5 Å². The lowest BCUT2D eigenvalue weighted by molar-refractivity contribution is 0.103. The van der Waals surface area contributed by atoms with Crippen LogP contribution in [0.3, 0.4) is 0 Å². The maximum atomic E-state index is 12.7. The molecule has 0 atom stereocenters. The number of nitrogens with zero attached hydrogens (tertiary/aromatic N) is 1. The number of rotatable bonds is 3. The number of phenolic OH excluding ortho intramolecular Hbond substituents is 1. The Morgan fingerprint density at radius 2 is 1.92 bits per heavy atom. The summed E-state index contributed by atoms with van der Waals surface area (Å²) in [5.41, 5.74) is 9.10. The van der Waals surface area contributed by atoms with E-state index in [1.165, 1.54) is 12.3 Å². The van der Waals surface area contributed by atoms with E-state index in [4.69, 9.17) is 5.73 Å². The minimum atomic E-state index is -0.217. The number of hydrogen-bond donors (Lipinski definition) is 3. The first-order chi connectivity index (χ1) is 12.1. The third kappa shape index (κ3) is 2.72. The van der Waals surface area contributed by atoms with Crippen LogP contribution < -0.4 is 5.73 Å². The summed E-state index contributed by atoms with van der Waals surface area (Å²) >= 11 is 0. The second-order valence-corrected chi connectivity index (χ2v) is 5.81. The van der Waals surface area contributed by atoms with Crippen molar-refractivity contribution in [2.24, 2.45) is 0 Å². The highest BCUT2D eigenvalue weighted by molar-refractivity contribution is 6.10. The average molecular weight is 329 g/mol. The lowest BCUT2D eigenvalue weighted by Gasteiger charge is -2.08. The number of carbonyl (C=O) groups excluding carboxylic acids is 1. The van der Waals surface area contributed by atoms with Gasteiger partial charge in [-0.15, -0.1) is 0 Å². The minimum Gasteiger partial charge on any atom is -0.508 e. The fourth-order valence-corrected chi connectivity index (χ4v) is 2.94. The molecular weight excluding hydrogens is 314 g/mol. The smallest absolute Gasteiger partial charge is 0.194 e. The van der Waals surface area contributed by atoms with Gasteiger partial charge in [0.2, 0.25) is 0 Å². The molecule has 4 rings (SSSR count). The quantitative estimate of drug-likeness (QED) is 0.499. The van der Waals surface area contributed by atoms with Crippen molar-refractivity contribution in [2.45, 2.75) is 0 Å². The summed E-state index contributed by atoms with van der Waals surface area (Å²) in [5, 5.41) is 11.2. The summed E-state index contributed by atoms with van der Waals surface area (Å²) in [6, 6.07) is 15.9. The van der Waals surface area contributed by atoms with Crippen LogP contribution in [0.5, 0.6) is 5.75 Å². The highest BCUT2D eigenvalue weighted by Gasteiger charge is 2.14. The molecule has 0 saturated carbocycles. The number of aromatic amines is 1. The maximum absolute atomic E-state index is 12.7. The van der Waals surface area contributed by atoms with Crippen molar-refractivity contribution < 1.29 is 9.90 Å². The molecule has 4 aromatic rings. The van der Waals surface area contributed by atoms with E-state index in [9.17, 15) is 9.90 Å². The van der Waals surface area contributed by atoms with E-state index < -0.39 is 0 Å². The topological polar surface area (TPSA) is 92.0 Å². The van der Waals surface area contributed by atoms with Gasteiger partial charge in [-0.3, -0.25) is 4.79 Å². The van der Waals surface area contributed by atoms with Gasteiger partial charge in [0, 0.05) is 34.4 Å². The van der Waals surface area contributed by atoms with Crippen molar-refractivity contribution in [1.82, 2.24) is 9.97 Å². The molecule has 0 spiro atoms. The fraction of sp³-hybridized carbons (Fsp3) is 0. The molecule has 4 N–H and O–H groups in total. The molecule has 0 amide bonds. The SMILES string of the molecule is Nc1ccc(C(=O)c2cc(O)cc(-c3cccc4[nH]ccc34)c2)cn1. The molecule has 0 aliphatic carbocycles. The van der Waals surface area contributed by atoms with Crippen molar-refractivity contribution >= 4 is 22.5 Å². The molecule has 0 unspecified atom stereocenters. The summed E-state index contributed by atoms with van der Waals surface area (Å²) in [4.78, 5) is 19.8. The van der Waals surface area contributed by atoms with Crippen LogP contribution in [-0.4, -0.2) is 20.9 Å². The molecule has 5 heteroatoms. The van der Waals surface area contributed by atoms with Crippen molar-refractivity contribution in [3.05, 3.63) is 78.1 Å². The summed E-state index contributed by atoms with van der Waals surface area (Å²) in [6.07, 6.45) is 3.30. The number of fused-ring (bicyclic) bond motifs is 1. The van der Waals surface area contributed by atoms with Gasteiger partial charge in [-0.25, -0.2) is 4.98 Å². The summed E-state index contributed by atoms with van der Waals surface area (Å²) in [7, 11) is 0. The van der Waals surface area contributed by atoms with Crippen LogP contribution >= 0.6 is 0 Å². The number of hydrogen-bond acceptors (Lipinski definition) is 4. The van der Waals surface area contributed by atoms with E-state index in [2.05, 4.69) is 9.97 Å². The average Bonchev–Trinajstić information content (AvgIpc) is 3.10. The zero-order chi connectivity index (χ0) is 17.4. The standard InChI is InChI=1S/C20H15N3O2/c21-19-5-4-12(11-23-19)20(25)14-8-13(9-15(24)10-14)16-2-1-3-18-17(16)6-7-22-18/h1-11,22,24H,(H2,21,23). The molecule has 0 bridgehead atoms. The lowest BCUT2D eigenvalue weighted by Crippen LogP contribution is -2.03. The molecule has 2 heterocycles. The van der Waals surface area contributed by atoms with E-state index in [-0.39, 0.29) is 11.5 Å². The monoisotopic (exact) mass is 329 g/mol. The number of carbonyl (C=O) groups is 1. The summed E-state index contributed by atoms with van der Waals surface area (Å²) < 4.78 is 0. The second-order valence-electron chi connectivity index (χ2n) is 5.81. The molecule has 0 aliphatic heterocycles. The van der Waals surface area contributed by atoms with E-state index >= 15 is 0 Å². The Balaban J connectivity index is 1.83. The minimum absolute atomic E-state index is 0.0387. The van der Waals surface area contributed by atoms with E-state index in [1.54, 1.807) is 24.3 Å². The van der Waals surface area contributed by atoms with Crippen LogP contribution in [-0.2, 0) is 0 Å². The molecule has 5 nitrogen and oxygen atoms in total. The van der Waals surface area contributed by atoms with Gasteiger partial charge in [0.1, 0.15) is 11.6 Å². The van der Waals surface area contributed by atoms with Crippen molar-refractivity contribution in [3.63, 3.8) is 0 Å². The molecule has 2 aromatic heterocycles. The van der Waals surface area contributed by atoms with Gasteiger partial charge in [0.05, 0.1) is 0 Å². The zero-order valence-electron chi connectivity index (χ0n) is 13.2. The fourth-order valence-electron chi connectivity index (χ4n) is 2.94. The third-order valence-electron chi connectivity index (χ3n) is 4.13. The number of nitrogen functional groups attached to an aromatic ring is 1. The second kappa shape index (κ2) is 5.79. The largest absolute Gasteiger partial charge is 0.508 e.